The van der Waals surface area contributed by atoms with Crippen LogP contribution in [0.4, 0.5) is 18.9 Å². The van der Waals surface area contributed by atoms with Gasteiger partial charge in [0.1, 0.15) is 6.61 Å². The molecular weight excluding hydrogens is 401 g/mol. The number of amides is 2. The summed E-state index contributed by atoms with van der Waals surface area (Å²) in [7, 11) is 0. The zero-order valence-electron chi connectivity index (χ0n) is 16.6. The summed E-state index contributed by atoms with van der Waals surface area (Å²) >= 11 is 0. The van der Waals surface area contributed by atoms with Crippen LogP contribution in [-0.4, -0.2) is 51.8 Å². The lowest BCUT2D eigenvalue weighted by Crippen LogP contribution is -2.48. The van der Waals surface area contributed by atoms with Gasteiger partial charge in [-0.2, -0.15) is 5.10 Å². The maximum atomic E-state index is 13.5. The minimum atomic E-state index is -1.56. The number of ether oxygens (including phenoxy) is 1. The van der Waals surface area contributed by atoms with Crippen LogP contribution in [0.2, 0.25) is 0 Å². The highest BCUT2D eigenvalue weighted by atomic mass is 19.2. The quantitative estimate of drug-likeness (QED) is 0.710. The zero-order chi connectivity index (χ0) is 21.6. The molecule has 10 heteroatoms. The molecule has 2 amide bonds. The summed E-state index contributed by atoms with van der Waals surface area (Å²) in [5.41, 5.74) is 1.39. The molecule has 0 N–H and O–H groups in total. The number of benzene rings is 1. The number of aromatic nitrogens is 2. The van der Waals surface area contributed by atoms with E-state index in [0.29, 0.717) is 24.5 Å². The number of anilines is 1. The van der Waals surface area contributed by atoms with Crippen molar-refractivity contribution < 1.29 is 27.5 Å². The Morgan fingerprint density at radius 2 is 1.90 bits per heavy atom. The lowest BCUT2D eigenvalue weighted by atomic mass is 10.1. The van der Waals surface area contributed by atoms with Gasteiger partial charge >= 0.3 is 0 Å². The van der Waals surface area contributed by atoms with Crippen LogP contribution >= 0.6 is 0 Å². The Labute approximate surface area is 171 Å². The molecule has 0 radical (unpaired) electrons. The maximum absolute atomic E-state index is 13.5. The number of hydrogen-bond donors (Lipinski definition) is 0. The van der Waals surface area contributed by atoms with Crippen LogP contribution in [0.15, 0.2) is 18.3 Å². The molecule has 1 unspecified atom stereocenters. The van der Waals surface area contributed by atoms with E-state index in [1.807, 2.05) is 13.8 Å². The fourth-order valence-electron chi connectivity index (χ4n) is 3.87. The van der Waals surface area contributed by atoms with Crippen molar-refractivity contribution in [2.45, 2.75) is 45.5 Å². The van der Waals surface area contributed by atoms with E-state index in [1.165, 1.54) is 0 Å². The van der Waals surface area contributed by atoms with Gasteiger partial charge in [0.05, 0.1) is 49.7 Å². The number of morpholine rings is 1. The first-order valence-electron chi connectivity index (χ1n) is 9.64. The van der Waals surface area contributed by atoms with Crippen LogP contribution in [0.1, 0.15) is 25.1 Å². The average molecular weight is 422 g/mol. The van der Waals surface area contributed by atoms with Crippen molar-refractivity contribution in [1.29, 1.82) is 0 Å². The molecule has 1 saturated heterocycles. The van der Waals surface area contributed by atoms with Gasteiger partial charge in [0, 0.05) is 6.04 Å². The SMILES string of the molecule is CC1CN(c2cnn3c2CN(C(=O)Cc2cc(F)c(F)c(F)c2)[C@@H](C)C3)C(=O)CO1. The Hall–Kier alpha value is -2.88. The van der Waals surface area contributed by atoms with E-state index in [-0.39, 0.29) is 49.1 Å². The van der Waals surface area contributed by atoms with E-state index in [1.54, 1.807) is 20.7 Å². The summed E-state index contributed by atoms with van der Waals surface area (Å²) in [6.45, 7) is 4.69. The molecule has 2 aromatic rings. The van der Waals surface area contributed by atoms with E-state index in [0.717, 1.165) is 12.1 Å². The van der Waals surface area contributed by atoms with Crippen LogP contribution in [0.25, 0.3) is 0 Å². The minimum absolute atomic E-state index is 0.0213. The Balaban J connectivity index is 1.56. The molecule has 7 nitrogen and oxygen atoms in total. The molecule has 0 bridgehead atoms. The summed E-state index contributed by atoms with van der Waals surface area (Å²) in [4.78, 5) is 28.4. The molecule has 1 fully saturated rings. The first-order valence-corrected chi connectivity index (χ1v) is 9.64. The van der Waals surface area contributed by atoms with Gasteiger partial charge in [-0.3, -0.25) is 14.3 Å². The van der Waals surface area contributed by atoms with E-state index >= 15 is 0 Å². The number of nitrogens with zero attached hydrogens (tertiary/aromatic N) is 4. The van der Waals surface area contributed by atoms with E-state index < -0.39 is 17.5 Å². The highest BCUT2D eigenvalue weighted by molar-refractivity contribution is 5.95. The van der Waals surface area contributed by atoms with Gasteiger partial charge in [-0.15, -0.1) is 0 Å². The van der Waals surface area contributed by atoms with Crippen molar-refractivity contribution in [3.05, 3.63) is 47.0 Å². The molecule has 30 heavy (non-hydrogen) atoms. The van der Waals surface area contributed by atoms with Gasteiger partial charge in [-0.1, -0.05) is 0 Å². The topological polar surface area (TPSA) is 67.7 Å². The number of hydrogen-bond acceptors (Lipinski definition) is 4. The number of fused-ring (bicyclic) bond motifs is 1. The Bertz CT molecular complexity index is 986. The third-order valence-corrected chi connectivity index (χ3v) is 5.46. The normalized spacial score (nSPS) is 21.7. The molecule has 0 spiro atoms. The van der Waals surface area contributed by atoms with Gasteiger partial charge in [0.15, 0.2) is 17.5 Å². The summed E-state index contributed by atoms with van der Waals surface area (Å²) in [6.07, 6.45) is 1.22. The zero-order valence-corrected chi connectivity index (χ0v) is 16.6. The summed E-state index contributed by atoms with van der Waals surface area (Å²) in [6, 6.07) is 1.44. The predicted molar refractivity (Wildman–Crippen MR) is 100 cm³/mol. The lowest BCUT2D eigenvalue weighted by Gasteiger charge is -2.36. The second-order valence-electron chi connectivity index (χ2n) is 7.71. The monoisotopic (exact) mass is 422 g/mol. The molecule has 0 aliphatic carbocycles. The molecule has 2 aliphatic rings. The number of rotatable bonds is 3. The van der Waals surface area contributed by atoms with Crippen molar-refractivity contribution in [1.82, 2.24) is 14.7 Å². The van der Waals surface area contributed by atoms with Crippen molar-refractivity contribution in [3.8, 4) is 0 Å². The average Bonchev–Trinajstić information content (AvgIpc) is 3.09. The number of carbonyl (C=O) groups excluding carboxylic acids is 2. The Morgan fingerprint density at radius 1 is 1.20 bits per heavy atom. The third kappa shape index (κ3) is 3.67. The molecule has 4 rings (SSSR count). The Kier molecular flexibility index (Phi) is 5.27. The van der Waals surface area contributed by atoms with E-state index in [2.05, 4.69) is 5.10 Å². The smallest absolute Gasteiger partial charge is 0.253 e. The molecule has 160 valence electrons. The Morgan fingerprint density at radius 3 is 2.60 bits per heavy atom. The first kappa shape index (κ1) is 20.4. The largest absolute Gasteiger partial charge is 0.367 e. The van der Waals surface area contributed by atoms with Gasteiger partial charge in [-0.25, -0.2) is 13.2 Å². The summed E-state index contributed by atoms with van der Waals surface area (Å²) < 4.78 is 47.3. The van der Waals surface area contributed by atoms with Gasteiger partial charge in [0.2, 0.25) is 5.91 Å². The highest BCUT2D eigenvalue weighted by Crippen LogP contribution is 2.29. The van der Waals surface area contributed by atoms with Crippen LogP contribution < -0.4 is 4.90 Å². The fourth-order valence-corrected chi connectivity index (χ4v) is 3.87. The van der Waals surface area contributed by atoms with Crippen molar-refractivity contribution in [3.63, 3.8) is 0 Å². The predicted octanol–water partition coefficient (Wildman–Crippen LogP) is 2.03. The molecule has 3 heterocycles. The standard InChI is InChI=1S/C20H21F3N4O3/c1-11-7-27-17(16(6-24-27)26-8-12(2)30-10-19(26)29)9-25(11)18(28)5-13-3-14(21)20(23)15(22)4-13/h3-4,6,11-12H,5,7-10H2,1-2H3/t11-,12?/m0/s1. The minimum Gasteiger partial charge on any atom is -0.367 e. The third-order valence-electron chi connectivity index (χ3n) is 5.46. The fraction of sp³-hybridized carbons (Fsp3) is 0.450. The maximum Gasteiger partial charge on any atom is 0.253 e. The molecular formula is C20H21F3N4O3. The van der Waals surface area contributed by atoms with Crippen molar-refractivity contribution >= 4 is 17.5 Å². The number of carbonyl (C=O) groups is 2. The van der Waals surface area contributed by atoms with Gasteiger partial charge in [0.25, 0.3) is 5.91 Å². The van der Waals surface area contributed by atoms with Gasteiger partial charge < -0.3 is 14.5 Å². The van der Waals surface area contributed by atoms with Crippen LogP contribution in [0.3, 0.4) is 0 Å². The van der Waals surface area contributed by atoms with E-state index in [4.69, 9.17) is 4.74 Å². The van der Waals surface area contributed by atoms with Gasteiger partial charge in [-0.05, 0) is 31.5 Å². The number of halogens is 3. The van der Waals surface area contributed by atoms with Crippen LogP contribution in [0, 0.1) is 17.5 Å². The lowest BCUT2D eigenvalue weighted by molar-refractivity contribution is -0.134. The molecule has 0 saturated carbocycles. The molecule has 1 aromatic heterocycles. The summed E-state index contributed by atoms with van der Waals surface area (Å²) in [5, 5.41) is 4.36. The second-order valence-corrected chi connectivity index (χ2v) is 7.71. The molecule has 2 aliphatic heterocycles. The second kappa shape index (κ2) is 7.75. The first-order chi connectivity index (χ1) is 14.2. The van der Waals surface area contributed by atoms with Crippen molar-refractivity contribution in [2.24, 2.45) is 0 Å². The highest BCUT2D eigenvalue weighted by Gasteiger charge is 2.34. The molecule has 1 aromatic carbocycles. The molecule has 2 atom stereocenters. The van der Waals surface area contributed by atoms with Crippen LogP contribution in [-0.2, 0) is 33.8 Å². The van der Waals surface area contributed by atoms with Crippen molar-refractivity contribution in [2.75, 3.05) is 18.1 Å². The van der Waals surface area contributed by atoms with Crippen LogP contribution in [0.5, 0.6) is 0 Å². The summed E-state index contributed by atoms with van der Waals surface area (Å²) in [5.74, 6) is -4.75. The van der Waals surface area contributed by atoms with E-state index in [9.17, 15) is 22.8 Å².